The highest BCUT2D eigenvalue weighted by Crippen LogP contribution is 2.50. The van der Waals surface area contributed by atoms with Crippen LogP contribution in [-0.2, 0) is 0 Å². The van der Waals surface area contributed by atoms with Crippen LogP contribution < -0.4 is 0 Å². The molecule has 0 heterocycles. The van der Waals surface area contributed by atoms with Crippen molar-refractivity contribution in [2.45, 2.75) is 38.5 Å². The topological polar surface area (TPSA) is 17.1 Å². The summed E-state index contributed by atoms with van der Waals surface area (Å²) in [7, 11) is 0. The molecule has 0 spiro atoms. The van der Waals surface area contributed by atoms with Gasteiger partial charge in [-0.15, -0.1) is 0 Å². The maximum absolute atomic E-state index is 12.5. The van der Waals surface area contributed by atoms with Crippen LogP contribution in [0.1, 0.15) is 54.4 Å². The Morgan fingerprint density at radius 3 is 2.61 bits per heavy atom. The maximum atomic E-state index is 12.5. The van der Waals surface area contributed by atoms with Gasteiger partial charge in [0.1, 0.15) is 0 Å². The van der Waals surface area contributed by atoms with Crippen molar-refractivity contribution in [2.24, 2.45) is 11.8 Å². The predicted molar refractivity (Wildman–Crippen MR) is 72.4 cm³/mol. The minimum absolute atomic E-state index is 0.195. The van der Waals surface area contributed by atoms with Crippen LogP contribution in [0.4, 0.5) is 0 Å². The second kappa shape index (κ2) is 3.81. The summed E-state index contributed by atoms with van der Waals surface area (Å²) in [5.74, 6) is 1.37. The molecule has 0 amide bonds. The number of carbonyl (C=O) groups excluding carboxylic acids is 1. The van der Waals surface area contributed by atoms with E-state index in [1.54, 1.807) is 5.57 Å². The lowest BCUT2D eigenvalue weighted by Crippen LogP contribution is -2.07. The maximum Gasteiger partial charge on any atom is 0.170 e. The molecule has 4 rings (SSSR count). The van der Waals surface area contributed by atoms with E-state index < -0.39 is 0 Å². The molecule has 0 radical (unpaired) electrons. The first-order valence-electron chi connectivity index (χ1n) is 7.23. The van der Waals surface area contributed by atoms with E-state index in [2.05, 4.69) is 12.1 Å². The van der Waals surface area contributed by atoms with Crippen molar-refractivity contribution in [3.63, 3.8) is 0 Å². The van der Waals surface area contributed by atoms with Gasteiger partial charge >= 0.3 is 0 Å². The lowest BCUT2D eigenvalue weighted by molar-refractivity contribution is 0.0953. The molecule has 0 bridgehead atoms. The first-order chi connectivity index (χ1) is 8.86. The van der Waals surface area contributed by atoms with Crippen molar-refractivity contribution >= 4 is 11.4 Å². The third kappa shape index (κ3) is 1.31. The summed E-state index contributed by atoms with van der Waals surface area (Å²) < 4.78 is 0. The van der Waals surface area contributed by atoms with Crippen molar-refractivity contribution in [1.82, 2.24) is 0 Å². The summed E-state index contributed by atoms with van der Waals surface area (Å²) in [5, 5.41) is 0. The number of Topliss-reactive ketones (excluding diaryl/α,β-unsaturated/α-hetero) is 1. The van der Waals surface area contributed by atoms with Gasteiger partial charge in [-0.05, 0) is 49.2 Å². The van der Waals surface area contributed by atoms with Gasteiger partial charge in [0, 0.05) is 11.5 Å². The van der Waals surface area contributed by atoms with Gasteiger partial charge in [0.05, 0.1) is 0 Å². The van der Waals surface area contributed by atoms with E-state index in [0.717, 1.165) is 17.9 Å². The number of hydrogen-bond donors (Lipinski definition) is 0. The number of hydrogen-bond acceptors (Lipinski definition) is 1. The molecular weight excluding hydrogens is 220 g/mol. The normalized spacial score (nSPS) is 29.9. The number of carbonyl (C=O) groups is 1. The second-order valence-electron chi connectivity index (χ2n) is 5.92. The van der Waals surface area contributed by atoms with E-state index >= 15 is 0 Å². The molecule has 18 heavy (non-hydrogen) atoms. The molecule has 0 saturated heterocycles. The summed E-state index contributed by atoms with van der Waals surface area (Å²) in [4.78, 5) is 12.5. The largest absolute Gasteiger partial charge is 0.293 e. The lowest BCUT2D eigenvalue weighted by Gasteiger charge is -2.13. The van der Waals surface area contributed by atoms with Gasteiger partial charge in [-0.1, -0.05) is 36.3 Å². The first kappa shape index (κ1) is 10.5. The first-order valence-corrected chi connectivity index (χ1v) is 7.23. The van der Waals surface area contributed by atoms with Crippen molar-refractivity contribution in [3.8, 4) is 0 Å². The Labute approximate surface area is 108 Å². The highest BCUT2D eigenvalue weighted by Gasteiger charge is 2.40. The standard InChI is InChI=1S/C17H18O/c18-17-14-8-2-1-7-13(14)16-12-9-3-5-11(12)6-4-10-15(16)17/h1-2,7-8,11,15H,3-6,9-10H2. The molecule has 2 unspecified atom stereocenters. The van der Waals surface area contributed by atoms with Gasteiger partial charge in [0.25, 0.3) is 0 Å². The fourth-order valence-electron chi connectivity index (χ4n) is 4.27. The molecule has 1 nitrogen and oxygen atoms in total. The molecule has 1 saturated carbocycles. The van der Waals surface area contributed by atoms with Crippen molar-refractivity contribution in [2.75, 3.05) is 0 Å². The van der Waals surface area contributed by atoms with E-state index in [1.165, 1.54) is 43.2 Å². The zero-order valence-electron chi connectivity index (χ0n) is 10.6. The molecule has 3 aliphatic rings. The number of benzene rings is 1. The minimum Gasteiger partial charge on any atom is -0.293 e. The van der Waals surface area contributed by atoms with E-state index in [4.69, 9.17) is 0 Å². The van der Waals surface area contributed by atoms with E-state index in [1.807, 2.05) is 12.1 Å². The molecular formula is C17H18O. The van der Waals surface area contributed by atoms with Crippen molar-refractivity contribution in [1.29, 1.82) is 0 Å². The Hall–Kier alpha value is -1.37. The van der Waals surface area contributed by atoms with Gasteiger partial charge < -0.3 is 0 Å². The molecule has 92 valence electrons. The van der Waals surface area contributed by atoms with Crippen LogP contribution in [0.5, 0.6) is 0 Å². The molecule has 2 atom stereocenters. The lowest BCUT2D eigenvalue weighted by atomic mass is 9.90. The summed E-state index contributed by atoms with van der Waals surface area (Å²) in [6.45, 7) is 0. The Bertz CT molecular complexity index is 552. The SMILES string of the molecule is O=C1c2ccccc2C2=C3CCCC3CCCC12. The molecule has 1 aromatic rings. The van der Waals surface area contributed by atoms with Gasteiger partial charge in [0.15, 0.2) is 5.78 Å². The number of rotatable bonds is 0. The zero-order valence-corrected chi connectivity index (χ0v) is 10.6. The Balaban J connectivity index is 1.97. The quantitative estimate of drug-likeness (QED) is 0.660. The van der Waals surface area contributed by atoms with Crippen LogP contribution in [0.3, 0.4) is 0 Å². The molecule has 1 fully saturated rings. The monoisotopic (exact) mass is 238 g/mol. The highest BCUT2D eigenvalue weighted by atomic mass is 16.1. The Morgan fingerprint density at radius 1 is 0.944 bits per heavy atom. The van der Waals surface area contributed by atoms with Crippen LogP contribution in [0.2, 0.25) is 0 Å². The van der Waals surface area contributed by atoms with E-state index in [-0.39, 0.29) is 5.92 Å². The smallest absolute Gasteiger partial charge is 0.170 e. The van der Waals surface area contributed by atoms with Gasteiger partial charge in [-0.25, -0.2) is 0 Å². The van der Waals surface area contributed by atoms with Crippen LogP contribution in [0, 0.1) is 11.8 Å². The predicted octanol–water partition coefficient (Wildman–Crippen LogP) is 4.24. The minimum atomic E-state index is 0.195. The number of fused-ring (bicyclic) bond motifs is 4. The van der Waals surface area contributed by atoms with Crippen LogP contribution >= 0.6 is 0 Å². The summed E-state index contributed by atoms with van der Waals surface area (Å²) in [5.41, 5.74) is 5.32. The third-order valence-electron chi connectivity index (χ3n) is 5.03. The van der Waals surface area contributed by atoms with Gasteiger partial charge in [-0.3, -0.25) is 4.79 Å². The second-order valence-corrected chi connectivity index (χ2v) is 5.92. The zero-order chi connectivity index (χ0) is 12.1. The number of ketones is 1. The molecule has 1 aromatic carbocycles. The number of allylic oxidation sites excluding steroid dienone is 2. The highest BCUT2D eigenvalue weighted by molar-refractivity contribution is 6.14. The summed E-state index contributed by atoms with van der Waals surface area (Å²) in [6.07, 6.45) is 7.52. The van der Waals surface area contributed by atoms with Crippen molar-refractivity contribution < 1.29 is 4.79 Å². The van der Waals surface area contributed by atoms with Crippen LogP contribution in [0.25, 0.3) is 5.57 Å². The molecule has 1 heteroatoms. The average molecular weight is 238 g/mol. The fourth-order valence-corrected chi connectivity index (χ4v) is 4.27. The average Bonchev–Trinajstić information content (AvgIpc) is 2.90. The Kier molecular flexibility index (Phi) is 2.23. The van der Waals surface area contributed by atoms with Gasteiger partial charge in [0.2, 0.25) is 0 Å². The van der Waals surface area contributed by atoms with E-state index in [9.17, 15) is 4.79 Å². The van der Waals surface area contributed by atoms with Crippen LogP contribution in [0.15, 0.2) is 29.8 Å². The van der Waals surface area contributed by atoms with Gasteiger partial charge in [-0.2, -0.15) is 0 Å². The summed E-state index contributed by atoms with van der Waals surface area (Å²) in [6, 6.07) is 8.26. The Morgan fingerprint density at radius 2 is 1.72 bits per heavy atom. The molecule has 3 aliphatic carbocycles. The van der Waals surface area contributed by atoms with E-state index in [0.29, 0.717) is 5.78 Å². The van der Waals surface area contributed by atoms with Crippen molar-refractivity contribution in [3.05, 3.63) is 41.0 Å². The molecule has 0 N–H and O–H groups in total. The fraction of sp³-hybridized carbons (Fsp3) is 0.471. The third-order valence-corrected chi connectivity index (χ3v) is 5.03. The van der Waals surface area contributed by atoms with Crippen LogP contribution in [-0.4, -0.2) is 5.78 Å². The summed E-state index contributed by atoms with van der Waals surface area (Å²) >= 11 is 0. The molecule has 0 aromatic heterocycles. The molecule has 0 aliphatic heterocycles.